The van der Waals surface area contributed by atoms with Crippen molar-refractivity contribution in [2.24, 2.45) is 5.92 Å². The maximum absolute atomic E-state index is 3.48. The van der Waals surface area contributed by atoms with Crippen LogP contribution in [0.3, 0.4) is 0 Å². The van der Waals surface area contributed by atoms with Gasteiger partial charge >= 0.3 is 0 Å². The molecule has 0 radical (unpaired) electrons. The van der Waals surface area contributed by atoms with Gasteiger partial charge in [0.15, 0.2) is 0 Å². The molecular formula is C22H21Br. The van der Waals surface area contributed by atoms with Gasteiger partial charge in [-0.15, -0.1) is 0 Å². The zero-order chi connectivity index (χ0) is 16.2. The lowest BCUT2D eigenvalue weighted by Crippen LogP contribution is -1.93. The van der Waals surface area contributed by atoms with Gasteiger partial charge in [-0.2, -0.15) is 0 Å². The fourth-order valence-corrected chi connectivity index (χ4v) is 3.07. The van der Waals surface area contributed by atoms with Crippen LogP contribution in [0.5, 0.6) is 0 Å². The van der Waals surface area contributed by atoms with E-state index in [9.17, 15) is 0 Å². The van der Waals surface area contributed by atoms with Gasteiger partial charge in [-0.3, -0.25) is 0 Å². The zero-order valence-electron chi connectivity index (χ0n) is 13.6. The van der Waals surface area contributed by atoms with E-state index in [2.05, 4.69) is 103 Å². The van der Waals surface area contributed by atoms with Gasteiger partial charge < -0.3 is 0 Å². The van der Waals surface area contributed by atoms with Crippen molar-refractivity contribution in [3.63, 3.8) is 0 Å². The Morgan fingerprint density at radius 1 is 0.609 bits per heavy atom. The maximum atomic E-state index is 3.48. The molecule has 0 saturated carbocycles. The fraction of sp³-hybridized carbons (Fsp3) is 0.182. The number of hydrogen-bond donors (Lipinski definition) is 0. The minimum absolute atomic E-state index is 0.700. The van der Waals surface area contributed by atoms with Crippen molar-refractivity contribution in [3.05, 3.63) is 82.8 Å². The molecule has 0 aliphatic heterocycles. The summed E-state index contributed by atoms with van der Waals surface area (Å²) in [6.45, 7) is 4.52. The van der Waals surface area contributed by atoms with Crippen LogP contribution in [-0.4, -0.2) is 0 Å². The van der Waals surface area contributed by atoms with E-state index in [4.69, 9.17) is 0 Å². The molecule has 0 heterocycles. The van der Waals surface area contributed by atoms with Crippen molar-refractivity contribution in [1.82, 2.24) is 0 Å². The van der Waals surface area contributed by atoms with Gasteiger partial charge in [-0.1, -0.05) is 90.4 Å². The van der Waals surface area contributed by atoms with Crippen molar-refractivity contribution in [2.45, 2.75) is 20.3 Å². The number of rotatable bonds is 4. The van der Waals surface area contributed by atoms with Gasteiger partial charge in [0.2, 0.25) is 0 Å². The Morgan fingerprint density at radius 2 is 0.957 bits per heavy atom. The first-order chi connectivity index (χ1) is 11.1. The van der Waals surface area contributed by atoms with Gasteiger partial charge in [-0.05, 0) is 52.3 Å². The number of benzene rings is 3. The lowest BCUT2D eigenvalue weighted by molar-refractivity contribution is 0.647. The SMILES string of the molecule is CC(C)Cc1ccc(-c2ccc(-c3ccc(Br)cc3)cc2)cc1. The summed E-state index contributed by atoms with van der Waals surface area (Å²) < 4.78 is 1.11. The quantitative estimate of drug-likeness (QED) is 0.468. The second kappa shape index (κ2) is 7.14. The molecule has 0 spiro atoms. The lowest BCUT2D eigenvalue weighted by atomic mass is 9.97. The van der Waals surface area contributed by atoms with Crippen LogP contribution in [0, 0.1) is 5.92 Å². The third kappa shape index (κ3) is 4.11. The standard InChI is InChI=1S/C22H21Br/c1-16(2)15-17-3-5-18(6-4-17)19-7-9-20(10-8-19)21-11-13-22(23)14-12-21/h3-14,16H,15H2,1-2H3. The Kier molecular flexibility index (Phi) is 4.97. The monoisotopic (exact) mass is 364 g/mol. The molecule has 0 saturated heterocycles. The van der Waals surface area contributed by atoms with Crippen molar-refractivity contribution in [3.8, 4) is 22.3 Å². The van der Waals surface area contributed by atoms with Gasteiger partial charge in [0.25, 0.3) is 0 Å². The summed E-state index contributed by atoms with van der Waals surface area (Å²) in [6, 6.07) is 26.2. The van der Waals surface area contributed by atoms with Crippen molar-refractivity contribution in [1.29, 1.82) is 0 Å². The molecule has 0 fully saturated rings. The average molecular weight is 365 g/mol. The van der Waals surface area contributed by atoms with E-state index < -0.39 is 0 Å². The molecule has 0 aliphatic rings. The van der Waals surface area contributed by atoms with Crippen LogP contribution in [0.1, 0.15) is 19.4 Å². The minimum atomic E-state index is 0.700. The van der Waals surface area contributed by atoms with Crippen LogP contribution in [0.15, 0.2) is 77.3 Å². The van der Waals surface area contributed by atoms with Gasteiger partial charge in [-0.25, -0.2) is 0 Å². The topological polar surface area (TPSA) is 0 Å². The molecule has 3 rings (SSSR count). The molecule has 0 bridgehead atoms. The van der Waals surface area contributed by atoms with Gasteiger partial charge in [0.1, 0.15) is 0 Å². The number of hydrogen-bond acceptors (Lipinski definition) is 0. The highest BCUT2D eigenvalue weighted by Crippen LogP contribution is 2.26. The first kappa shape index (κ1) is 16.0. The van der Waals surface area contributed by atoms with Crippen LogP contribution >= 0.6 is 15.9 Å². The summed E-state index contributed by atoms with van der Waals surface area (Å²) in [5, 5.41) is 0. The Bertz CT molecular complexity index is 751. The Balaban J connectivity index is 1.80. The Labute approximate surface area is 147 Å². The summed E-state index contributed by atoms with van der Waals surface area (Å²) in [5.74, 6) is 0.700. The summed E-state index contributed by atoms with van der Waals surface area (Å²) in [6.07, 6.45) is 1.14. The van der Waals surface area contributed by atoms with E-state index in [1.807, 2.05) is 0 Å². The van der Waals surface area contributed by atoms with Crippen molar-refractivity contribution < 1.29 is 0 Å². The molecule has 116 valence electrons. The van der Waals surface area contributed by atoms with Crippen molar-refractivity contribution in [2.75, 3.05) is 0 Å². The van der Waals surface area contributed by atoms with E-state index in [0.717, 1.165) is 10.9 Å². The molecule has 1 heteroatoms. The highest BCUT2D eigenvalue weighted by atomic mass is 79.9. The normalized spacial score (nSPS) is 11.0. The second-order valence-electron chi connectivity index (χ2n) is 6.38. The van der Waals surface area contributed by atoms with Crippen molar-refractivity contribution >= 4 is 15.9 Å². The summed E-state index contributed by atoms with van der Waals surface area (Å²) >= 11 is 3.48. The second-order valence-corrected chi connectivity index (χ2v) is 7.29. The molecule has 0 atom stereocenters. The van der Waals surface area contributed by atoms with Crippen LogP contribution in [-0.2, 0) is 6.42 Å². The van der Waals surface area contributed by atoms with E-state index in [-0.39, 0.29) is 0 Å². The van der Waals surface area contributed by atoms with E-state index in [0.29, 0.717) is 5.92 Å². The van der Waals surface area contributed by atoms with E-state index >= 15 is 0 Å². The first-order valence-electron chi connectivity index (χ1n) is 8.07. The van der Waals surface area contributed by atoms with Crippen LogP contribution in [0.2, 0.25) is 0 Å². The molecule has 3 aromatic carbocycles. The van der Waals surface area contributed by atoms with E-state index in [1.165, 1.54) is 27.8 Å². The molecule has 3 aromatic rings. The molecule has 0 aliphatic carbocycles. The molecule has 0 unspecified atom stereocenters. The summed E-state index contributed by atoms with van der Waals surface area (Å²) in [5.41, 5.74) is 6.45. The number of halogens is 1. The van der Waals surface area contributed by atoms with Gasteiger partial charge in [0.05, 0.1) is 0 Å². The fourth-order valence-electron chi connectivity index (χ4n) is 2.80. The van der Waals surface area contributed by atoms with Gasteiger partial charge in [0, 0.05) is 4.47 Å². The lowest BCUT2D eigenvalue weighted by Gasteiger charge is -2.08. The minimum Gasteiger partial charge on any atom is -0.0625 e. The Hall–Kier alpha value is -1.86. The molecule has 0 amide bonds. The largest absolute Gasteiger partial charge is 0.0625 e. The highest BCUT2D eigenvalue weighted by molar-refractivity contribution is 9.10. The van der Waals surface area contributed by atoms with Crippen LogP contribution in [0.4, 0.5) is 0 Å². The molecule has 23 heavy (non-hydrogen) atoms. The third-order valence-electron chi connectivity index (χ3n) is 3.99. The predicted molar refractivity (Wildman–Crippen MR) is 104 cm³/mol. The zero-order valence-corrected chi connectivity index (χ0v) is 15.2. The first-order valence-corrected chi connectivity index (χ1v) is 8.86. The Morgan fingerprint density at radius 3 is 1.35 bits per heavy atom. The molecular weight excluding hydrogens is 344 g/mol. The average Bonchev–Trinajstić information content (AvgIpc) is 2.56. The summed E-state index contributed by atoms with van der Waals surface area (Å²) in [4.78, 5) is 0. The van der Waals surface area contributed by atoms with Crippen LogP contribution < -0.4 is 0 Å². The molecule has 0 nitrogen and oxygen atoms in total. The summed E-state index contributed by atoms with van der Waals surface area (Å²) in [7, 11) is 0. The smallest absolute Gasteiger partial charge is 0.0175 e. The van der Waals surface area contributed by atoms with E-state index in [1.54, 1.807) is 0 Å². The third-order valence-corrected chi connectivity index (χ3v) is 4.52. The van der Waals surface area contributed by atoms with Crippen LogP contribution in [0.25, 0.3) is 22.3 Å². The molecule has 0 N–H and O–H groups in total. The maximum Gasteiger partial charge on any atom is 0.0175 e. The highest BCUT2D eigenvalue weighted by Gasteiger charge is 2.02. The molecule has 0 aromatic heterocycles. The predicted octanol–water partition coefficient (Wildman–Crippen LogP) is 6.98.